The quantitative estimate of drug-likeness (QED) is 0.788. The maximum absolute atomic E-state index is 12.5. The number of amides is 1. The molecule has 1 aromatic carbocycles. The molecule has 28 heavy (non-hydrogen) atoms. The van der Waals surface area contributed by atoms with Gasteiger partial charge in [0.2, 0.25) is 5.91 Å². The van der Waals surface area contributed by atoms with Gasteiger partial charge in [-0.15, -0.1) is 0 Å². The first-order chi connectivity index (χ1) is 13.7. The molecule has 2 heterocycles. The van der Waals surface area contributed by atoms with Crippen LogP contribution in [0.3, 0.4) is 0 Å². The number of benzene rings is 1. The predicted octanol–water partition coefficient (Wildman–Crippen LogP) is 4.16. The fourth-order valence-electron chi connectivity index (χ4n) is 4.41. The smallest absolute Gasteiger partial charge is 0.223 e. The molecule has 4 nitrogen and oxygen atoms in total. The summed E-state index contributed by atoms with van der Waals surface area (Å²) in [6.45, 7) is 5.53. The van der Waals surface area contributed by atoms with Crippen molar-refractivity contribution in [3.05, 3.63) is 66.0 Å². The summed E-state index contributed by atoms with van der Waals surface area (Å²) in [4.78, 5) is 19.7. The molecule has 1 N–H and O–H groups in total. The monoisotopic (exact) mass is 377 g/mol. The second-order valence-corrected chi connectivity index (χ2v) is 8.49. The standard InChI is InChI=1S/C24H31N3O/c1-18(19-8-3-2-4-9-19)16-27-15-7-10-21(17-27)23(22-11-5-6-14-25-22)26-24(28)20-12-13-20/h2-6,8-9,11,14,18,20-21,23H,7,10,12-13,15-17H2,1H3,(H,26,28)/t18-,21-,23-/m0/s1. The first-order valence-electron chi connectivity index (χ1n) is 10.7. The number of aromatic nitrogens is 1. The molecular formula is C24H31N3O. The van der Waals surface area contributed by atoms with Crippen molar-refractivity contribution in [3.8, 4) is 0 Å². The molecule has 0 bridgehead atoms. The molecule has 2 fully saturated rings. The van der Waals surface area contributed by atoms with Crippen LogP contribution in [0.4, 0.5) is 0 Å². The molecule has 148 valence electrons. The number of nitrogens with one attached hydrogen (secondary N) is 1. The average Bonchev–Trinajstić information content (AvgIpc) is 3.59. The van der Waals surface area contributed by atoms with E-state index in [9.17, 15) is 4.79 Å². The highest BCUT2D eigenvalue weighted by atomic mass is 16.2. The Labute approximate surface area is 168 Å². The number of nitrogens with zero attached hydrogens (tertiary/aromatic N) is 2. The third-order valence-corrected chi connectivity index (χ3v) is 6.17. The molecule has 1 saturated heterocycles. The van der Waals surface area contributed by atoms with E-state index < -0.39 is 0 Å². The SMILES string of the molecule is C[C@@H](CN1CCC[C@H]([C@H](NC(=O)C2CC2)c2ccccn2)C1)c1ccccc1. The van der Waals surface area contributed by atoms with Gasteiger partial charge in [0, 0.05) is 25.2 Å². The van der Waals surface area contributed by atoms with Gasteiger partial charge >= 0.3 is 0 Å². The van der Waals surface area contributed by atoms with Gasteiger partial charge in [-0.3, -0.25) is 9.78 Å². The number of piperidine rings is 1. The molecule has 0 radical (unpaired) electrons. The lowest BCUT2D eigenvalue weighted by Crippen LogP contribution is -2.44. The Hall–Kier alpha value is -2.20. The Bertz CT molecular complexity index is 760. The summed E-state index contributed by atoms with van der Waals surface area (Å²) in [5.41, 5.74) is 2.40. The van der Waals surface area contributed by atoms with E-state index >= 15 is 0 Å². The highest BCUT2D eigenvalue weighted by Gasteiger charge is 2.35. The van der Waals surface area contributed by atoms with Gasteiger partial charge in [0.15, 0.2) is 0 Å². The molecule has 1 amide bonds. The van der Waals surface area contributed by atoms with Gasteiger partial charge in [-0.05, 0) is 61.8 Å². The summed E-state index contributed by atoms with van der Waals surface area (Å²) < 4.78 is 0. The van der Waals surface area contributed by atoms with E-state index in [0.29, 0.717) is 11.8 Å². The third-order valence-electron chi connectivity index (χ3n) is 6.17. The molecule has 0 spiro atoms. The zero-order chi connectivity index (χ0) is 19.3. The fourth-order valence-corrected chi connectivity index (χ4v) is 4.41. The summed E-state index contributed by atoms with van der Waals surface area (Å²) >= 11 is 0. The number of rotatable bonds is 7. The van der Waals surface area contributed by atoms with Crippen molar-refractivity contribution in [3.63, 3.8) is 0 Å². The van der Waals surface area contributed by atoms with Gasteiger partial charge in [-0.2, -0.15) is 0 Å². The van der Waals surface area contributed by atoms with E-state index in [0.717, 1.165) is 44.6 Å². The lowest BCUT2D eigenvalue weighted by Gasteiger charge is -2.38. The average molecular weight is 378 g/mol. The van der Waals surface area contributed by atoms with Crippen molar-refractivity contribution in [2.75, 3.05) is 19.6 Å². The van der Waals surface area contributed by atoms with Crippen LogP contribution in [0.25, 0.3) is 0 Å². The predicted molar refractivity (Wildman–Crippen MR) is 112 cm³/mol. The Morgan fingerprint density at radius 1 is 1.14 bits per heavy atom. The number of hydrogen-bond acceptors (Lipinski definition) is 3. The summed E-state index contributed by atoms with van der Waals surface area (Å²) in [6, 6.07) is 16.8. The maximum Gasteiger partial charge on any atom is 0.223 e. The van der Waals surface area contributed by atoms with Crippen molar-refractivity contribution >= 4 is 5.91 Å². The molecular weight excluding hydrogens is 346 g/mol. The van der Waals surface area contributed by atoms with E-state index in [2.05, 4.69) is 58.5 Å². The Balaban J connectivity index is 1.44. The van der Waals surface area contributed by atoms with Crippen LogP contribution >= 0.6 is 0 Å². The van der Waals surface area contributed by atoms with Gasteiger partial charge < -0.3 is 10.2 Å². The van der Waals surface area contributed by atoms with Gasteiger partial charge in [-0.1, -0.05) is 43.3 Å². The highest BCUT2D eigenvalue weighted by Crippen LogP contribution is 2.33. The van der Waals surface area contributed by atoms with E-state index in [1.807, 2.05) is 18.3 Å². The van der Waals surface area contributed by atoms with Crippen LogP contribution in [0.5, 0.6) is 0 Å². The number of pyridine rings is 1. The molecule has 1 aromatic heterocycles. The molecule has 4 heteroatoms. The van der Waals surface area contributed by atoms with Gasteiger partial charge in [0.05, 0.1) is 11.7 Å². The van der Waals surface area contributed by atoms with Crippen molar-refractivity contribution in [1.82, 2.24) is 15.2 Å². The summed E-state index contributed by atoms with van der Waals surface area (Å²) in [7, 11) is 0. The zero-order valence-corrected chi connectivity index (χ0v) is 16.8. The van der Waals surface area contributed by atoms with Crippen LogP contribution in [0.15, 0.2) is 54.7 Å². The molecule has 1 aliphatic carbocycles. The molecule has 4 rings (SSSR count). The normalized spacial score (nSPS) is 22.4. The number of carbonyl (C=O) groups is 1. The zero-order valence-electron chi connectivity index (χ0n) is 16.8. The van der Waals surface area contributed by atoms with E-state index in [4.69, 9.17) is 0 Å². The number of likely N-dealkylation sites (tertiary alicyclic amines) is 1. The lowest BCUT2D eigenvalue weighted by atomic mass is 9.87. The van der Waals surface area contributed by atoms with Gasteiger partial charge in [-0.25, -0.2) is 0 Å². The first-order valence-corrected chi connectivity index (χ1v) is 10.7. The van der Waals surface area contributed by atoms with Crippen LogP contribution in [0.1, 0.15) is 55.8 Å². The van der Waals surface area contributed by atoms with Crippen molar-refractivity contribution in [2.24, 2.45) is 11.8 Å². The van der Waals surface area contributed by atoms with Gasteiger partial charge in [0.1, 0.15) is 0 Å². The van der Waals surface area contributed by atoms with E-state index in [1.54, 1.807) is 0 Å². The molecule has 2 aliphatic rings. The first kappa shape index (κ1) is 19.1. The summed E-state index contributed by atoms with van der Waals surface area (Å²) in [6.07, 6.45) is 6.22. The number of hydrogen-bond donors (Lipinski definition) is 1. The maximum atomic E-state index is 12.5. The van der Waals surface area contributed by atoms with E-state index in [1.165, 1.54) is 12.0 Å². The molecule has 0 unspecified atom stereocenters. The minimum absolute atomic E-state index is 0.0177. The molecule has 1 aliphatic heterocycles. The number of carbonyl (C=O) groups excluding carboxylic acids is 1. The highest BCUT2D eigenvalue weighted by molar-refractivity contribution is 5.81. The van der Waals surface area contributed by atoms with Crippen molar-refractivity contribution in [1.29, 1.82) is 0 Å². The third kappa shape index (κ3) is 4.79. The second kappa shape index (κ2) is 8.87. The van der Waals surface area contributed by atoms with Crippen LogP contribution in [0.2, 0.25) is 0 Å². The Morgan fingerprint density at radius 2 is 1.93 bits per heavy atom. The fraction of sp³-hybridized carbons (Fsp3) is 0.500. The summed E-state index contributed by atoms with van der Waals surface area (Å²) in [5.74, 6) is 1.36. The van der Waals surface area contributed by atoms with Crippen LogP contribution < -0.4 is 5.32 Å². The minimum Gasteiger partial charge on any atom is -0.347 e. The Morgan fingerprint density at radius 3 is 2.64 bits per heavy atom. The van der Waals surface area contributed by atoms with Crippen LogP contribution in [-0.4, -0.2) is 35.4 Å². The minimum atomic E-state index is 0.0177. The van der Waals surface area contributed by atoms with Gasteiger partial charge in [0.25, 0.3) is 0 Å². The lowest BCUT2D eigenvalue weighted by molar-refractivity contribution is -0.123. The van der Waals surface area contributed by atoms with Crippen LogP contribution in [-0.2, 0) is 4.79 Å². The van der Waals surface area contributed by atoms with E-state index in [-0.39, 0.29) is 17.9 Å². The van der Waals surface area contributed by atoms with Crippen molar-refractivity contribution in [2.45, 2.75) is 44.6 Å². The molecule has 3 atom stereocenters. The molecule has 1 saturated carbocycles. The Kier molecular flexibility index (Phi) is 6.06. The topological polar surface area (TPSA) is 45.2 Å². The molecule has 2 aromatic rings. The summed E-state index contributed by atoms with van der Waals surface area (Å²) in [5, 5.41) is 3.34. The van der Waals surface area contributed by atoms with Crippen molar-refractivity contribution < 1.29 is 4.79 Å². The largest absolute Gasteiger partial charge is 0.347 e. The second-order valence-electron chi connectivity index (χ2n) is 8.49. The van der Waals surface area contributed by atoms with Crippen LogP contribution in [0, 0.1) is 11.8 Å².